The SMILES string of the molecule is NC1(c2cccc(F)c2)CC2CC1C1CCCC21. The van der Waals surface area contributed by atoms with Crippen molar-refractivity contribution in [3.05, 3.63) is 35.6 Å². The predicted octanol–water partition coefficient (Wildman–Crippen LogP) is 3.44. The highest BCUT2D eigenvalue weighted by atomic mass is 19.1. The molecule has 18 heavy (non-hydrogen) atoms. The molecule has 3 saturated carbocycles. The average molecular weight is 245 g/mol. The van der Waals surface area contributed by atoms with Crippen LogP contribution in [0.15, 0.2) is 24.3 Å². The first kappa shape index (κ1) is 11.0. The molecular formula is C16H20FN. The number of rotatable bonds is 1. The van der Waals surface area contributed by atoms with Gasteiger partial charge in [-0.3, -0.25) is 0 Å². The van der Waals surface area contributed by atoms with Gasteiger partial charge in [-0.1, -0.05) is 18.6 Å². The summed E-state index contributed by atoms with van der Waals surface area (Å²) in [6, 6.07) is 6.99. The highest BCUT2D eigenvalue weighted by molar-refractivity contribution is 5.30. The summed E-state index contributed by atoms with van der Waals surface area (Å²) >= 11 is 0. The molecule has 96 valence electrons. The van der Waals surface area contributed by atoms with Crippen LogP contribution >= 0.6 is 0 Å². The molecule has 1 aromatic carbocycles. The number of benzene rings is 1. The highest BCUT2D eigenvalue weighted by Gasteiger charge is 2.59. The molecule has 2 N–H and O–H groups in total. The molecule has 0 aliphatic heterocycles. The lowest BCUT2D eigenvalue weighted by Crippen LogP contribution is -2.46. The summed E-state index contributed by atoms with van der Waals surface area (Å²) in [6.45, 7) is 0. The van der Waals surface area contributed by atoms with Gasteiger partial charge in [0.1, 0.15) is 5.82 Å². The molecule has 2 heteroatoms. The average Bonchev–Trinajstić information content (AvgIpc) is 2.99. The zero-order chi connectivity index (χ0) is 12.3. The number of hydrogen-bond acceptors (Lipinski definition) is 1. The quantitative estimate of drug-likeness (QED) is 0.806. The van der Waals surface area contributed by atoms with Gasteiger partial charge in [0.15, 0.2) is 0 Å². The second-order valence-corrected chi connectivity index (χ2v) is 6.62. The van der Waals surface area contributed by atoms with E-state index in [2.05, 4.69) is 0 Å². The van der Waals surface area contributed by atoms with Gasteiger partial charge >= 0.3 is 0 Å². The molecule has 3 aliphatic carbocycles. The Labute approximate surface area is 108 Å². The lowest BCUT2D eigenvalue weighted by atomic mass is 9.68. The van der Waals surface area contributed by atoms with Crippen LogP contribution < -0.4 is 5.73 Å². The first-order valence-corrected chi connectivity index (χ1v) is 7.23. The third-order valence-corrected chi connectivity index (χ3v) is 5.93. The van der Waals surface area contributed by atoms with Crippen molar-refractivity contribution in [1.82, 2.24) is 0 Å². The number of halogens is 1. The summed E-state index contributed by atoms with van der Waals surface area (Å²) in [4.78, 5) is 0. The highest BCUT2D eigenvalue weighted by Crippen LogP contribution is 2.64. The first-order chi connectivity index (χ1) is 8.68. The van der Waals surface area contributed by atoms with E-state index < -0.39 is 0 Å². The van der Waals surface area contributed by atoms with Gasteiger partial charge in [-0.05, 0) is 67.1 Å². The molecule has 0 amide bonds. The molecule has 2 bridgehead atoms. The largest absolute Gasteiger partial charge is 0.321 e. The summed E-state index contributed by atoms with van der Waals surface area (Å²) in [5, 5.41) is 0. The minimum Gasteiger partial charge on any atom is -0.321 e. The van der Waals surface area contributed by atoms with Crippen molar-refractivity contribution in [1.29, 1.82) is 0 Å². The van der Waals surface area contributed by atoms with Crippen LogP contribution in [-0.2, 0) is 5.54 Å². The summed E-state index contributed by atoms with van der Waals surface area (Å²) in [5.74, 6) is 2.99. The van der Waals surface area contributed by atoms with Gasteiger partial charge in [0.25, 0.3) is 0 Å². The normalized spacial score (nSPS) is 45.4. The first-order valence-electron chi connectivity index (χ1n) is 7.23. The van der Waals surface area contributed by atoms with Crippen molar-refractivity contribution in [3.63, 3.8) is 0 Å². The molecule has 1 aromatic rings. The van der Waals surface area contributed by atoms with Crippen molar-refractivity contribution in [2.75, 3.05) is 0 Å². The summed E-state index contributed by atoms with van der Waals surface area (Å²) < 4.78 is 13.4. The lowest BCUT2D eigenvalue weighted by molar-refractivity contribution is 0.156. The van der Waals surface area contributed by atoms with Crippen molar-refractivity contribution < 1.29 is 4.39 Å². The molecular weight excluding hydrogens is 225 g/mol. The van der Waals surface area contributed by atoms with Gasteiger partial charge in [0, 0.05) is 5.54 Å². The molecule has 1 nitrogen and oxygen atoms in total. The molecule has 0 aromatic heterocycles. The van der Waals surface area contributed by atoms with E-state index in [1.54, 1.807) is 12.1 Å². The second kappa shape index (κ2) is 3.57. The predicted molar refractivity (Wildman–Crippen MR) is 69.3 cm³/mol. The Kier molecular flexibility index (Phi) is 2.18. The van der Waals surface area contributed by atoms with E-state index >= 15 is 0 Å². The molecule has 3 aliphatic rings. The van der Waals surface area contributed by atoms with Crippen molar-refractivity contribution in [2.24, 2.45) is 29.4 Å². The van der Waals surface area contributed by atoms with Crippen molar-refractivity contribution in [2.45, 2.75) is 37.6 Å². The molecule has 0 spiro atoms. The van der Waals surface area contributed by atoms with Gasteiger partial charge in [0.05, 0.1) is 0 Å². The fourth-order valence-electron chi connectivity index (χ4n) is 5.30. The molecule has 5 atom stereocenters. The van der Waals surface area contributed by atoms with E-state index in [1.165, 1.54) is 31.7 Å². The second-order valence-electron chi connectivity index (χ2n) is 6.62. The van der Waals surface area contributed by atoms with Crippen LogP contribution in [0, 0.1) is 29.5 Å². The monoisotopic (exact) mass is 245 g/mol. The van der Waals surface area contributed by atoms with Crippen LogP contribution in [0.5, 0.6) is 0 Å². The van der Waals surface area contributed by atoms with E-state index in [0.717, 1.165) is 29.7 Å². The smallest absolute Gasteiger partial charge is 0.123 e. The Balaban J connectivity index is 1.73. The summed E-state index contributed by atoms with van der Waals surface area (Å²) in [5.41, 5.74) is 7.50. The third-order valence-electron chi connectivity index (χ3n) is 5.93. The standard InChI is InChI=1S/C16H20FN/c17-12-4-1-3-11(8-12)16(18)9-10-7-15(16)14-6-2-5-13(10)14/h1,3-4,8,10,13-15H,2,5-7,9,18H2. The van der Waals surface area contributed by atoms with Crippen molar-refractivity contribution in [3.8, 4) is 0 Å². The maximum atomic E-state index is 13.4. The fourth-order valence-corrected chi connectivity index (χ4v) is 5.30. The molecule has 0 radical (unpaired) electrons. The number of fused-ring (bicyclic) bond motifs is 5. The van der Waals surface area contributed by atoms with Crippen LogP contribution in [0.1, 0.15) is 37.7 Å². The van der Waals surface area contributed by atoms with Crippen LogP contribution in [0.4, 0.5) is 4.39 Å². The van der Waals surface area contributed by atoms with Gasteiger partial charge in [0.2, 0.25) is 0 Å². The Morgan fingerprint density at radius 1 is 1.22 bits per heavy atom. The topological polar surface area (TPSA) is 26.0 Å². The summed E-state index contributed by atoms with van der Waals surface area (Å²) in [6.07, 6.45) is 6.48. The van der Waals surface area contributed by atoms with E-state index in [1.807, 2.05) is 6.07 Å². The van der Waals surface area contributed by atoms with Crippen LogP contribution in [0.3, 0.4) is 0 Å². The Hall–Kier alpha value is -0.890. The summed E-state index contributed by atoms with van der Waals surface area (Å²) in [7, 11) is 0. The lowest BCUT2D eigenvalue weighted by Gasteiger charge is -2.40. The fraction of sp³-hybridized carbons (Fsp3) is 0.625. The van der Waals surface area contributed by atoms with Crippen LogP contribution in [-0.4, -0.2) is 0 Å². The zero-order valence-corrected chi connectivity index (χ0v) is 10.6. The van der Waals surface area contributed by atoms with Crippen LogP contribution in [0.25, 0.3) is 0 Å². The molecule has 5 unspecified atom stereocenters. The zero-order valence-electron chi connectivity index (χ0n) is 10.6. The minimum atomic E-state index is -0.252. The Morgan fingerprint density at radius 2 is 2.06 bits per heavy atom. The minimum absolute atomic E-state index is 0.150. The Morgan fingerprint density at radius 3 is 2.89 bits per heavy atom. The third kappa shape index (κ3) is 1.30. The van der Waals surface area contributed by atoms with E-state index in [-0.39, 0.29) is 11.4 Å². The molecule has 3 fully saturated rings. The van der Waals surface area contributed by atoms with Gasteiger partial charge < -0.3 is 5.73 Å². The van der Waals surface area contributed by atoms with Gasteiger partial charge in [-0.2, -0.15) is 0 Å². The van der Waals surface area contributed by atoms with Gasteiger partial charge in [-0.15, -0.1) is 0 Å². The van der Waals surface area contributed by atoms with E-state index in [4.69, 9.17) is 5.73 Å². The number of nitrogens with two attached hydrogens (primary N) is 1. The molecule has 4 rings (SSSR count). The van der Waals surface area contributed by atoms with Crippen LogP contribution in [0.2, 0.25) is 0 Å². The van der Waals surface area contributed by atoms with E-state index in [9.17, 15) is 4.39 Å². The number of hydrogen-bond donors (Lipinski definition) is 1. The van der Waals surface area contributed by atoms with Gasteiger partial charge in [-0.25, -0.2) is 4.39 Å². The Bertz CT molecular complexity index is 486. The molecule has 0 heterocycles. The maximum Gasteiger partial charge on any atom is 0.123 e. The van der Waals surface area contributed by atoms with E-state index in [0.29, 0.717) is 5.92 Å². The maximum absolute atomic E-state index is 13.4. The molecule has 0 saturated heterocycles. The van der Waals surface area contributed by atoms with Crippen molar-refractivity contribution >= 4 is 0 Å².